The van der Waals surface area contributed by atoms with Gasteiger partial charge in [0.05, 0.1) is 43.4 Å². The van der Waals surface area contributed by atoms with Crippen LogP contribution < -0.4 is 0 Å². The molecule has 17 nitrogen and oxygen atoms in total. The predicted molar refractivity (Wildman–Crippen MR) is 201 cm³/mol. The average molecular weight is 777 g/mol. The molecule has 0 saturated carbocycles. The molecule has 0 saturated heterocycles. The van der Waals surface area contributed by atoms with E-state index >= 15 is 0 Å². The number of aromatic hydroxyl groups is 16. The van der Waals surface area contributed by atoms with Gasteiger partial charge in [-0.05, 0) is 21.5 Å². The highest BCUT2D eigenvalue weighted by Gasteiger charge is 2.35. The second-order valence-corrected chi connectivity index (χ2v) is 13.2. The van der Waals surface area contributed by atoms with Crippen LogP contribution in [0, 0.1) is 0 Å². The van der Waals surface area contributed by atoms with Crippen LogP contribution in [0.3, 0.4) is 0 Å². The average Bonchev–Trinajstić information content (AvgIpc) is 3.61. The minimum atomic E-state index is -1.26. The Balaban J connectivity index is 1.46. The number of furan rings is 1. The highest BCUT2D eigenvalue weighted by molar-refractivity contribution is 6.29. The monoisotopic (exact) mass is 776 g/mol. The third-order valence-electron chi connectivity index (χ3n) is 10.4. The highest BCUT2D eigenvalue weighted by Crippen LogP contribution is 2.64. The lowest BCUT2D eigenvalue weighted by Gasteiger charge is -2.21. The van der Waals surface area contributed by atoms with E-state index in [0.29, 0.717) is 0 Å². The third kappa shape index (κ3) is 3.94. The zero-order valence-corrected chi connectivity index (χ0v) is 28.2. The van der Waals surface area contributed by atoms with Crippen molar-refractivity contribution in [3.05, 3.63) is 48.5 Å². The molecule has 0 aliphatic carbocycles. The number of fused-ring (bicyclic) bond motifs is 8. The van der Waals surface area contributed by atoms with Crippen LogP contribution in [-0.4, -0.2) is 81.7 Å². The standard InChI is InChI=1S/C40H24O17/c41-23-15(24(42)26(44)18-17(23)28(46)35(53)36(54)29(18)47)13-9-5-1-3-7-11(9)14(12-8-4-2-6-10(12)13)16-25(43)32(50)22-21-31(49)27(45)19-20(39(21)57-40(22)34(16)52)33(51)38(56)37(55)30(19)48/h1-8,41-56H. The Morgan fingerprint density at radius 3 is 0.930 bits per heavy atom. The molecule has 0 unspecified atom stereocenters. The van der Waals surface area contributed by atoms with E-state index in [9.17, 15) is 81.7 Å². The van der Waals surface area contributed by atoms with Crippen molar-refractivity contribution in [1.29, 1.82) is 0 Å². The first-order chi connectivity index (χ1) is 27.0. The van der Waals surface area contributed by atoms with E-state index in [0.717, 1.165) is 0 Å². The molecule has 0 bridgehead atoms. The van der Waals surface area contributed by atoms with Gasteiger partial charge in [-0.25, -0.2) is 0 Å². The van der Waals surface area contributed by atoms with Crippen molar-refractivity contribution in [3.8, 4) is 114 Å². The van der Waals surface area contributed by atoms with Crippen LogP contribution in [0.2, 0.25) is 0 Å². The van der Waals surface area contributed by atoms with Crippen molar-refractivity contribution < 1.29 is 86.1 Å². The van der Waals surface area contributed by atoms with E-state index < -0.39 is 147 Å². The van der Waals surface area contributed by atoms with Crippen LogP contribution in [0.4, 0.5) is 0 Å². The van der Waals surface area contributed by atoms with E-state index in [4.69, 9.17) is 4.42 Å². The molecule has 286 valence electrons. The summed E-state index contributed by atoms with van der Waals surface area (Å²) < 4.78 is 5.87. The smallest absolute Gasteiger partial charge is 0.205 e. The summed E-state index contributed by atoms with van der Waals surface area (Å²) >= 11 is 0. The van der Waals surface area contributed by atoms with Gasteiger partial charge in [0.1, 0.15) is 5.75 Å². The zero-order chi connectivity index (χ0) is 40.8. The highest BCUT2D eigenvalue weighted by atomic mass is 16.4. The zero-order valence-electron chi connectivity index (χ0n) is 28.2. The first kappa shape index (κ1) is 34.2. The summed E-state index contributed by atoms with van der Waals surface area (Å²) in [4.78, 5) is 0. The first-order valence-electron chi connectivity index (χ1n) is 16.4. The maximum atomic E-state index is 12.0. The number of phenolic OH excluding ortho intramolecular Hbond substituents is 16. The van der Waals surface area contributed by atoms with Crippen molar-refractivity contribution in [2.45, 2.75) is 0 Å². The molecule has 9 aromatic rings. The van der Waals surface area contributed by atoms with Gasteiger partial charge in [0.15, 0.2) is 74.4 Å². The molecule has 0 spiro atoms. The molecule has 9 rings (SSSR count). The molecule has 0 atom stereocenters. The summed E-state index contributed by atoms with van der Waals surface area (Å²) in [6, 6.07) is 12.0. The van der Waals surface area contributed by atoms with Crippen molar-refractivity contribution in [3.63, 3.8) is 0 Å². The van der Waals surface area contributed by atoms with E-state index in [1.165, 1.54) is 48.5 Å². The molecule has 0 radical (unpaired) electrons. The van der Waals surface area contributed by atoms with Crippen LogP contribution in [-0.2, 0) is 0 Å². The van der Waals surface area contributed by atoms with Gasteiger partial charge in [-0.2, -0.15) is 0 Å². The largest absolute Gasteiger partial charge is 0.506 e. The van der Waals surface area contributed by atoms with E-state index in [1.807, 2.05) is 0 Å². The second-order valence-electron chi connectivity index (χ2n) is 13.2. The molecule has 0 aliphatic rings. The van der Waals surface area contributed by atoms with Crippen LogP contribution in [0.15, 0.2) is 52.9 Å². The fourth-order valence-electron chi connectivity index (χ4n) is 7.85. The Morgan fingerprint density at radius 1 is 0.228 bits per heavy atom. The Labute approximate surface area is 313 Å². The first-order valence-corrected chi connectivity index (χ1v) is 16.4. The van der Waals surface area contributed by atoms with E-state index in [-0.39, 0.29) is 32.7 Å². The molecular weight excluding hydrogens is 752 g/mol. The Morgan fingerprint density at radius 2 is 0.491 bits per heavy atom. The van der Waals surface area contributed by atoms with Gasteiger partial charge < -0.3 is 86.1 Å². The molecule has 0 aliphatic heterocycles. The lowest BCUT2D eigenvalue weighted by atomic mass is 9.83. The van der Waals surface area contributed by atoms with Crippen molar-refractivity contribution >= 4 is 65.0 Å². The number of rotatable bonds is 2. The van der Waals surface area contributed by atoms with E-state index in [2.05, 4.69) is 0 Å². The maximum absolute atomic E-state index is 12.0. The van der Waals surface area contributed by atoms with Gasteiger partial charge in [-0.15, -0.1) is 0 Å². The topological polar surface area (TPSA) is 337 Å². The third-order valence-corrected chi connectivity index (χ3v) is 10.4. The van der Waals surface area contributed by atoms with Crippen LogP contribution in [0.25, 0.3) is 87.3 Å². The van der Waals surface area contributed by atoms with Crippen molar-refractivity contribution in [2.24, 2.45) is 0 Å². The van der Waals surface area contributed by atoms with E-state index in [1.54, 1.807) is 0 Å². The quantitative estimate of drug-likeness (QED) is 0.0486. The number of hydrogen-bond donors (Lipinski definition) is 16. The second kappa shape index (κ2) is 11.0. The van der Waals surface area contributed by atoms with Gasteiger partial charge in [0.25, 0.3) is 0 Å². The van der Waals surface area contributed by atoms with Gasteiger partial charge in [-0.1, -0.05) is 48.5 Å². The molecule has 57 heavy (non-hydrogen) atoms. The lowest BCUT2D eigenvalue weighted by Crippen LogP contribution is -1.94. The fourth-order valence-corrected chi connectivity index (χ4v) is 7.85. The number of phenols is 16. The Hall–Kier alpha value is -8.60. The normalized spacial score (nSPS) is 11.9. The molecule has 0 fully saturated rings. The predicted octanol–water partition coefficient (Wildman–Crippen LogP) is 6.82. The summed E-state index contributed by atoms with van der Waals surface area (Å²) in [5, 5.41) is 171. The fraction of sp³-hybridized carbons (Fsp3) is 0. The van der Waals surface area contributed by atoms with Crippen LogP contribution >= 0.6 is 0 Å². The van der Waals surface area contributed by atoms with Crippen molar-refractivity contribution in [1.82, 2.24) is 0 Å². The maximum Gasteiger partial charge on any atom is 0.205 e. The Kier molecular flexibility index (Phi) is 6.59. The molecule has 8 aromatic carbocycles. The summed E-state index contributed by atoms with van der Waals surface area (Å²) in [7, 11) is 0. The summed E-state index contributed by atoms with van der Waals surface area (Å²) in [6.07, 6.45) is 0. The summed E-state index contributed by atoms with van der Waals surface area (Å²) in [5.74, 6) is -18.0. The van der Waals surface area contributed by atoms with Crippen LogP contribution in [0.5, 0.6) is 92.0 Å². The van der Waals surface area contributed by atoms with Crippen molar-refractivity contribution in [2.75, 3.05) is 0 Å². The van der Waals surface area contributed by atoms with Gasteiger partial charge in [-0.3, -0.25) is 0 Å². The minimum Gasteiger partial charge on any atom is -0.506 e. The Bertz CT molecular complexity index is 3310. The molecule has 1 heterocycles. The molecule has 17 heteroatoms. The van der Waals surface area contributed by atoms with Crippen LogP contribution in [0.1, 0.15) is 0 Å². The van der Waals surface area contributed by atoms with Gasteiger partial charge >= 0.3 is 0 Å². The number of benzene rings is 8. The molecule has 0 amide bonds. The SMILES string of the molecule is Oc1c(O)c(O)c2c(O)c(-c3c4ccccc4c(-c4c(O)c(O)c5c(oc6c7c(O)c(O)c(O)c(O)c7c(O)c(O)c65)c4O)c4ccccc34)c(O)c(O)c2c1O. The summed E-state index contributed by atoms with van der Waals surface area (Å²) in [6.45, 7) is 0. The molecular formula is C40H24O17. The van der Waals surface area contributed by atoms with Gasteiger partial charge in [0, 0.05) is 11.1 Å². The summed E-state index contributed by atoms with van der Waals surface area (Å²) in [5.41, 5.74) is -2.40. The molecule has 1 aromatic heterocycles. The number of hydrogen-bond acceptors (Lipinski definition) is 17. The molecule has 16 N–H and O–H groups in total. The van der Waals surface area contributed by atoms with Gasteiger partial charge in [0.2, 0.25) is 23.0 Å². The lowest BCUT2D eigenvalue weighted by molar-refractivity contribution is 0.347. The minimum absolute atomic E-state index is 0.0235.